The van der Waals surface area contributed by atoms with Gasteiger partial charge in [-0.05, 0) is 6.07 Å². The summed E-state index contributed by atoms with van der Waals surface area (Å²) in [6, 6.07) is 3.86. The SMILES string of the molecule is COc1c([N+](=O)[O-])ccc(C(N)=O)c1C#N. The Morgan fingerprint density at radius 2 is 2.25 bits per heavy atom. The van der Waals surface area contributed by atoms with E-state index in [-0.39, 0.29) is 22.6 Å². The summed E-state index contributed by atoms with van der Waals surface area (Å²) in [5.41, 5.74) is 4.30. The predicted octanol–water partition coefficient (Wildman–Crippen LogP) is 0.574. The highest BCUT2D eigenvalue weighted by atomic mass is 16.6. The molecule has 0 radical (unpaired) electrons. The summed E-state index contributed by atoms with van der Waals surface area (Å²) in [4.78, 5) is 20.9. The molecule has 2 N–H and O–H groups in total. The summed E-state index contributed by atoms with van der Waals surface area (Å²) < 4.78 is 4.75. The first-order valence-corrected chi connectivity index (χ1v) is 4.08. The van der Waals surface area contributed by atoms with Crippen molar-refractivity contribution in [3.63, 3.8) is 0 Å². The lowest BCUT2D eigenvalue weighted by Gasteiger charge is -2.06. The lowest BCUT2D eigenvalue weighted by Crippen LogP contribution is -2.14. The fourth-order valence-corrected chi connectivity index (χ4v) is 1.24. The van der Waals surface area contributed by atoms with E-state index in [4.69, 9.17) is 15.7 Å². The number of benzene rings is 1. The van der Waals surface area contributed by atoms with Gasteiger partial charge in [-0.15, -0.1) is 0 Å². The number of nitrogens with zero attached hydrogens (tertiary/aromatic N) is 2. The van der Waals surface area contributed by atoms with Gasteiger partial charge in [-0.25, -0.2) is 0 Å². The minimum Gasteiger partial charge on any atom is -0.489 e. The van der Waals surface area contributed by atoms with Crippen molar-refractivity contribution in [2.75, 3.05) is 7.11 Å². The van der Waals surface area contributed by atoms with Gasteiger partial charge in [0.2, 0.25) is 11.7 Å². The maximum atomic E-state index is 11.0. The fraction of sp³-hybridized carbons (Fsp3) is 0.111. The van der Waals surface area contributed by atoms with Crippen molar-refractivity contribution in [3.8, 4) is 11.8 Å². The first-order chi connectivity index (χ1) is 7.52. The van der Waals surface area contributed by atoms with Crippen LogP contribution in [0.25, 0.3) is 0 Å². The molecule has 0 saturated carbocycles. The smallest absolute Gasteiger partial charge is 0.312 e. The minimum atomic E-state index is -0.843. The van der Waals surface area contributed by atoms with E-state index in [1.807, 2.05) is 0 Å². The number of nitro groups is 1. The standard InChI is InChI=1S/C9H7N3O4/c1-16-8-6(4-10)5(9(11)13)2-3-7(8)12(14)15/h2-3H,1H3,(H2,11,13). The van der Waals surface area contributed by atoms with Crippen LogP contribution < -0.4 is 10.5 Å². The number of primary amides is 1. The number of amides is 1. The maximum Gasteiger partial charge on any atom is 0.312 e. The van der Waals surface area contributed by atoms with Gasteiger partial charge < -0.3 is 10.5 Å². The molecule has 1 amide bonds. The zero-order valence-electron chi connectivity index (χ0n) is 8.26. The first-order valence-electron chi connectivity index (χ1n) is 4.08. The Balaban J connectivity index is 3.60. The molecule has 7 nitrogen and oxygen atoms in total. The maximum absolute atomic E-state index is 11.0. The molecule has 0 aromatic heterocycles. The molecule has 0 spiro atoms. The molecule has 1 rings (SSSR count). The van der Waals surface area contributed by atoms with Crippen LogP contribution in [-0.2, 0) is 0 Å². The van der Waals surface area contributed by atoms with E-state index >= 15 is 0 Å². The molecule has 0 aliphatic rings. The van der Waals surface area contributed by atoms with E-state index in [1.54, 1.807) is 6.07 Å². The number of carbonyl (C=O) groups is 1. The molecule has 0 unspecified atom stereocenters. The van der Waals surface area contributed by atoms with Crippen LogP contribution >= 0.6 is 0 Å². The Morgan fingerprint density at radius 1 is 1.62 bits per heavy atom. The number of carbonyl (C=O) groups excluding carboxylic acids is 1. The van der Waals surface area contributed by atoms with Crippen LogP contribution in [0.2, 0.25) is 0 Å². The normalized spacial score (nSPS) is 9.25. The lowest BCUT2D eigenvalue weighted by molar-refractivity contribution is -0.385. The van der Waals surface area contributed by atoms with E-state index in [2.05, 4.69) is 0 Å². The zero-order valence-corrected chi connectivity index (χ0v) is 8.26. The Morgan fingerprint density at radius 3 is 2.62 bits per heavy atom. The summed E-state index contributed by atoms with van der Waals surface area (Å²) >= 11 is 0. The zero-order chi connectivity index (χ0) is 12.3. The number of methoxy groups -OCH3 is 1. The topological polar surface area (TPSA) is 119 Å². The summed E-state index contributed by atoms with van der Waals surface area (Å²) in [5, 5.41) is 19.5. The van der Waals surface area contributed by atoms with E-state index in [1.165, 1.54) is 7.11 Å². The van der Waals surface area contributed by atoms with E-state index in [0.717, 1.165) is 12.1 Å². The van der Waals surface area contributed by atoms with Crippen LogP contribution in [-0.4, -0.2) is 17.9 Å². The van der Waals surface area contributed by atoms with Crippen LogP contribution in [0.5, 0.6) is 5.75 Å². The third-order valence-electron chi connectivity index (χ3n) is 1.91. The number of nitriles is 1. The van der Waals surface area contributed by atoms with Gasteiger partial charge in [-0.3, -0.25) is 14.9 Å². The molecule has 0 atom stereocenters. The number of hydrogen-bond donors (Lipinski definition) is 1. The van der Waals surface area contributed by atoms with Crippen molar-refractivity contribution < 1.29 is 14.5 Å². The van der Waals surface area contributed by atoms with Crippen molar-refractivity contribution in [3.05, 3.63) is 33.4 Å². The summed E-state index contributed by atoms with van der Waals surface area (Å²) in [6.45, 7) is 0. The highest BCUT2D eigenvalue weighted by Crippen LogP contribution is 2.32. The number of nitro benzene ring substituents is 1. The van der Waals surface area contributed by atoms with Crippen LogP contribution in [0.1, 0.15) is 15.9 Å². The first kappa shape index (κ1) is 11.5. The van der Waals surface area contributed by atoms with Gasteiger partial charge in [0.1, 0.15) is 11.6 Å². The molecular formula is C9H7N3O4. The summed E-state index contributed by atoms with van der Waals surface area (Å²) in [7, 11) is 1.17. The minimum absolute atomic E-state index is 0.107. The monoisotopic (exact) mass is 221 g/mol. The second kappa shape index (κ2) is 4.27. The van der Waals surface area contributed by atoms with Crippen LogP contribution in [0.4, 0.5) is 5.69 Å². The van der Waals surface area contributed by atoms with Gasteiger partial charge >= 0.3 is 5.69 Å². The quantitative estimate of drug-likeness (QED) is 0.591. The van der Waals surface area contributed by atoms with E-state index in [0.29, 0.717) is 0 Å². The van der Waals surface area contributed by atoms with Crippen molar-refractivity contribution in [1.82, 2.24) is 0 Å². The molecule has 0 fully saturated rings. The van der Waals surface area contributed by atoms with Crippen LogP contribution in [0.15, 0.2) is 12.1 Å². The van der Waals surface area contributed by atoms with Gasteiger partial charge in [0.15, 0.2) is 0 Å². The van der Waals surface area contributed by atoms with E-state index in [9.17, 15) is 14.9 Å². The highest BCUT2D eigenvalue weighted by molar-refractivity contribution is 5.96. The van der Waals surface area contributed by atoms with Crippen molar-refractivity contribution in [1.29, 1.82) is 5.26 Å². The highest BCUT2D eigenvalue weighted by Gasteiger charge is 2.23. The Bertz CT molecular complexity index is 504. The third-order valence-corrected chi connectivity index (χ3v) is 1.91. The fourth-order valence-electron chi connectivity index (χ4n) is 1.24. The average molecular weight is 221 g/mol. The number of ether oxygens (including phenoxy) is 1. The van der Waals surface area contributed by atoms with Crippen molar-refractivity contribution >= 4 is 11.6 Å². The summed E-state index contributed by atoms with van der Waals surface area (Å²) in [6.07, 6.45) is 0. The van der Waals surface area contributed by atoms with Gasteiger partial charge in [-0.1, -0.05) is 0 Å². The summed E-state index contributed by atoms with van der Waals surface area (Å²) in [5.74, 6) is -1.10. The Hall–Kier alpha value is -2.62. The van der Waals surface area contributed by atoms with Gasteiger partial charge in [0.25, 0.3) is 0 Å². The largest absolute Gasteiger partial charge is 0.489 e. The second-order valence-corrected chi connectivity index (χ2v) is 2.77. The van der Waals surface area contributed by atoms with Crippen molar-refractivity contribution in [2.45, 2.75) is 0 Å². The molecule has 1 aromatic carbocycles. The van der Waals surface area contributed by atoms with Crippen molar-refractivity contribution in [2.24, 2.45) is 5.73 Å². The molecule has 16 heavy (non-hydrogen) atoms. The van der Waals surface area contributed by atoms with Gasteiger partial charge in [0.05, 0.1) is 17.6 Å². The molecule has 0 bridgehead atoms. The average Bonchev–Trinajstić information content (AvgIpc) is 2.26. The molecule has 82 valence electrons. The number of rotatable bonds is 3. The third kappa shape index (κ3) is 1.76. The van der Waals surface area contributed by atoms with Gasteiger partial charge in [0, 0.05) is 6.07 Å². The Kier molecular flexibility index (Phi) is 3.06. The molecular weight excluding hydrogens is 214 g/mol. The van der Waals surface area contributed by atoms with E-state index < -0.39 is 10.8 Å². The van der Waals surface area contributed by atoms with Crippen LogP contribution in [0, 0.1) is 21.4 Å². The molecule has 0 aliphatic carbocycles. The molecule has 0 aliphatic heterocycles. The predicted molar refractivity (Wildman–Crippen MR) is 52.9 cm³/mol. The molecule has 0 heterocycles. The molecule has 1 aromatic rings. The van der Waals surface area contributed by atoms with Crippen LogP contribution in [0.3, 0.4) is 0 Å². The Labute approximate surface area is 90.2 Å². The molecule has 0 saturated heterocycles. The molecule has 7 heteroatoms. The van der Waals surface area contributed by atoms with Gasteiger partial charge in [-0.2, -0.15) is 5.26 Å². The number of nitrogens with two attached hydrogens (primary N) is 1. The lowest BCUT2D eigenvalue weighted by atomic mass is 10.1. The number of hydrogen-bond acceptors (Lipinski definition) is 5. The second-order valence-electron chi connectivity index (χ2n) is 2.77.